The summed E-state index contributed by atoms with van der Waals surface area (Å²) in [6.07, 6.45) is 0. The number of methoxy groups -OCH3 is 1. The number of halogens is 2. The van der Waals surface area contributed by atoms with E-state index in [0.29, 0.717) is 21.2 Å². The average Bonchev–Trinajstić information content (AvgIpc) is 3.35. The number of hydrogen-bond donors (Lipinski definition) is 1. The third-order valence-electron chi connectivity index (χ3n) is 5.09. The van der Waals surface area contributed by atoms with Crippen LogP contribution < -0.4 is 9.64 Å². The van der Waals surface area contributed by atoms with Crippen LogP contribution in [0, 0.1) is 12.7 Å². The van der Waals surface area contributed by atoms with Crippen LogP contribution in [0.3, 0.4) is 0 Å². The van der Waals surface area contributed by atoms with Crippen LogP contribution >= 0.6 is 22.9 Å². The number of anilines is 1. The molecule has 0 saturated carbocycles. The topological polar surface area (TPSA) is 66.8 Å². The number of carbonyl (C=O) groups excluding carboxylic acids is 2. The van der Waals surface area contributed by atoms with Crippen molar-refractivity contribution in [3.05, 3.63) is 86.3 Å². The Kier molecular flexibility index (Phi) is 5.56. The minimum absolute atomic E-state index is 0.00474. The summed E-state index contributed by atoms with van der Waals surface area (Å²) in [5, 5.41) is 13.4. The van der Waals surface area contributed by atoms with E-state index >= 15 is 0 Å². The highest BCUT2D eigenvalue weighted by Crippen LogP contribution is 2.45. The molecule has 0 spiro atoms. The molecule has 4 rings (SSSR count). The number of ketones is 1. The van der Waals surface area contributed by atoms with E-state index in [1.54, 1.807) is 37.3 Å². The van der Waals surface area contributed by atoms with Crippen LogP contribution in [0.25, 0.3) is 5.76 Å². The van der Waals surface area contributed by atoms with Crippen molar-refractivity contribution in [1.29, 1.82) is 0 Å². The molecule has 1 amide bonds. The van der Waals surface area contributed by atoms with E-state index in [2.05, 4.69) is 0 Å². The van der Waals surface area contributed by atoms with Gasteiger partial charge in [0.2, 0.25) is 0 Å². The van der Waals surface area contributed by atoms with E-state index < -0.39 is 29.3 Å². The van der Waals surface area contributed by atoms with Gasteiger partial charge in [-0.05, 0) is 60.3 Å². The van der Waals surface area contributed by atoms with E-state index in [4.69, 9.17) is 16.3 Å². The van der Waals surface area contributed by atoms with Crippen molar-refractivity contribution in [3.8, 4) is 5.75 Å². The molecule has 1 aliphatic rings. The Morgan fingerprint density at radius 3 is 2.61 bits per heavy atom. The van der Waals surface area contributed by atoms with E-state index in [0.717, 1.165) is 6.07 Å². The molecule has 0 aliphatic carbocycles. The molecule has 1 N–H and O–H groups in total. The Balaban J connectivity index is 1.98. The zero-order valence-corrected chi connectivity index (χ0v) is 18.1. The fourth-order valence-corrected chi connectivity index (χ4v) is 4.75. The minimum atomic E-state index is -0.882. The second kappa shape index (κ2) is 8.17. The molecule has 1 fully saturated rings. The molecular formula is C23H17ClFNO4S. The van der Waals surface area contributed by atoms with Gasteiger partial charge in [0.25, 0.3) is 11.7 Å². The number of rotatable bonds is 4. The van der Waals surface area contributed by atoms with Gasteiger partial charge in [0, 0.05) is 15.6 Å². The Morgan fingerprint density at radius 1 is 1.19 bits per heavy atom. The molecule has 0 radical (unpaired) electrons. The summed E-state index contributed by atoms with van der Waals surface area (Å²) in [6.45, 7) is 1.78. The van der Waals surface area contributed by atoms with E-state index in [9.17, 15) is 19.1 Å². The molecule has 0 bridgehead atoms. The maximum Gasteiger partial charge on any atom is 0.300 e. The summed E-state index contributed by atoms with van der Waals surface area (Å²) < 4.78 is 19.2. The van der Waals surface area contributed by atoms with Gasteiger partial charge in [0.1, 0.15) is 23.4 Å². The Labute approximate surface area is 187 Å². The van der Waals surface area contributed by atoms with Crippen LogP contribution in [0.5, 0.6) is 5.75 Å². The quantitative estimate of drug-likeness (QED) is 0.320. The van der Waals surface area contributed by atoms with Crippen LogP contribution in [0.2, 0.25) is 5.02 Å². The number of benzene rings is 2. The SMILES string of the molecule is COc1ccc(F)cc1/C(O)=C1/C(=O)C(=O)N(c2ccc(Cl)cc2C)C1c1cccs1. The summed E-state index contributed by atoms with van der Waals surface area (Å²) in [4.78, 5) is 28.2. The maximum absolute atomic E-state index is 13.9. The van der Waals surface area contributed by atoms with Gasteiger partial charge in [0.15, 0.2) is 0 Å². The number of thiophene rings is 1. The number of Topliss-reactive ketones (excluding diaryl/α,β-unsaturated/α-hetero) is 1. The molecule has 1 aliphatic heterocycles. The van der Waals surface area contributed by atoms with Gasteiger partial charge >= 0.3 is 0 Å². The lowest BCUT2D eigenvalue weighted by Crippen LogP contribution is -2.29. The predicted octanol–water partition coefficient (Wildman–Crippen LogP) is 5.48. The van der Waals surface area contributed by atoms with E-state index in [1.807, 2.05) is 5.38 Å². The average molecular weight is 458 g/mol. The smallest absolute Gasteiger partial charge is 0.300 e. The first-order valence-corrected chi connectivity index (χ1v) is 10.5. The van der Waals surface area contributed by atoms with Crippen LogP contribution in [0.1, 0.15) is 22.0 Å². The number of aliphatic hydroxyl groups excluding tert-OH is 1. The monoisotopic (exact) mass is 457 g/mol. The molecule has 8 heteroatoms. The Hall–Kier alpha value is -3.16. The zero-order valence-electron chi connectivity index (χ0n) is 16.6. The highest BCUT2D eigenvalue weighted by Gasteiger charge is 2.48. The second-order valence-electron chi connectivity index (χ2n) is 6.96. The van der Waals surface area contributed by atoms with Crippen molar-refractivity contribution in [2.75, 3.05) is 12.0 Å². The summed E-state index contributed by atoms with van der Waals surface area (Å²) in [5.74, 6) is -2.59. The van der Waals surface area contributed by atoms with Gasteiger partial charge in [-0.25, -0.2) is 4.39 Å². The highest BCUT2D eigenvalue weighted by molar-refractivity contribution is 7.10. The van der Waals surface area contributed by atoms with E-state index in [1.165, 1.54) is 35.5 Å². The third-order valence-corrected chi connectivity index (χ3v) is 6.25. The molecule has 3 aromatic rings. The second-order valence-corrected chi connectivity index (χ2v) is 8.38. The molecule has 5 nitrogen and oxygen atoms in total. The molecule has 1 unspecified atom stereocenters. The van der Waals surface area contributed by atoms with Gasteiger partial charge in [-0.1, -0.05) is 17.7 Å². The first-order chi connectivity index (χ1) is 14.8. The van der Waals surface area contributed by atoms with Crippen molar-refractivity contribution in [1.82, 2.24) is 0 Å². The minimum Gasteiger partial charge on any atom is -0.507 e. The summed E-state index contributed by atoms with van der Waals surface area (Å²) in [5.41, 5.74) is 1.05. The molecule has 1 atom stereocenters. The Bertz CT molecular complexity index is 1220. The third kappa shape index (κ3) is 3.60. The zero-order chi connectivity index (χ0) is 22.3. The van der Waals surface area contributed by atoms with Gasteiger partial charge in [-0.3, -0.25) is 14.5 Å². The van der Waals surface area contributed by atoms with E-state index in [-0.39, 0.29) is 16.9 Å². The number of aryl methyl sites for hydroxylation is 1. The molecular weight excluding hydrogens is 441 g/mol. The first-order valence-electron chi connectivity index (χ1n) is 9.28. The van der Waals surface area contributed by atoms with Gasteiger partial charge in [0.05, 0.1) is 18.2 Å². The fourth-order valence-electron chi connectivity index (χ4n) is 3.70. The normalized spacial score (nSPS) is 17.9. The molecule has 158 valence electrons. The number of hydrogen-bond acceptors (Lipinski definition) is 5. The predicted molar refractivity (Wildman–Crippen MR) is 118 cm³/mol. The number of nitrogens with zero attached hydrogens (tertiary/aromatic N) is 1. The standard InChI is InChI=1S/C23H17ClFNO4S/c1-12-10-13(24)5-7-16(12)26-20(18-4-3-9-31-18)19(22(28)23(26)29)21(27)15-11-14(25)6-8-17(15)30-2/h3-11,20,27H,1-2H3/b21-19-. The number of aliphatic hydroxyl groups is 1. The summed E-state index contributed by atoms with van der Waals surface area (Å²) >= 11 is 7.40. The Morgan fingerprint density at radius 2 is 1.97 bits per heavy atom. The molecule has 2 aromatic carbocycles. The van der Waals surface area contributed by atoms with Crippen molar-refractivity contribution in [2.45, 2.75) is 13.0 Å². The number of amides is 1. The lowest BCUT2D eigenvalue weighted by atomic mass is 9.99. The summed E-state index contributed by atoms with van der Waals surface area (Å²) in [7, 11) is 1.37. The lowest BCUT2D eigenvalue weighted by Gasteiger charge is -2.25. The summed E-state index contributed by atoms with van der Waals surface area (Å²) in [6, 6.07) is 11.3. The molecule has 31 heavy (non-hydrogen) atoms. The van der Waals surface area contributed by atoms with Crippen LogP contribution in [0.4, 0.5) is 10.1 Å². The van der Waals surface area contributed by atoms with Crippen molar-refractivity contribution >= 4 is 46.1 Å². The van der Waals surface area contributed by atoms with Crippen molar-refractivity contribution in [2.24, 2.45) is 0 Å². The van der Waals surface area contributed by atoms with Crippen LogP contribution in [0.15, 0.2) is 59.5 Å². The maximum atomic E-state index is 13.9. The molecule has 1 aromatic heterocycles. The van der Waals surface area contributed by atoms with Crippen LogP contribution in [-0.2, 0) is 9.59 Å². The first kappa shape index (κ1) is 21.1. The molecule has 2 heterocycles. The highest BCUT2D eigenvalue weighted by atomic mass is 35.5. The van der Waals surface area contributed by atoms with Crippen molar-refractivity contribution < 1.29 is 23.8 Å². The van der Waals surface area contributed by atoms with Gasteiger partial charge in [-0.2, -0.15) is 0 Å². The van der Waals surface area contributed by atoms with Crippen molar-refractivity contribution in [3.63, 3.8) is 0 Å². The molecule has 1 saturated heterocycles. The lowest BCUT2D eigenvalue weighted by molar-refractivity contribution is -0.132. The number of carbonyl (C=O) groups is 2. The fraction of sp³-hybridized carbons (Fsp3) is 0.130. The largest absolute Gasteiger partial charge is 0.507 e. The number of ether oxygens (including phenoxy) is 1. The van der Waals surface area contributed by atoms with Crippen LogP contribution in [-0.4, -0.2) is 23.9 Å². The van der Waals surface area contributed by atoms with Gasteiger partial charge < -0.3 is 9.84 Å². The van der Waals surface area contributed by atoms with Gasteiger partial charge in [-0.15, -0.1) is 11.3 Å².